The number of hydrogen-bond acceptors (Lipinski definition) is 4. The van der Waals surface area contributed by atoms with Gasteiger partial charge in [-0.2, -0.15) is 13.2 Å². The Kier molecular flexibility index (Phi) is 6.67. The highest BCUT2D eigenvalue weighted by atomic mass is 32.2. The number of benzene rings is 2. The Morgan fingerprint density at radius 2 is 1.73 bits per heavy atom. The first-order valence-corrected chi connectivity index (χ1v) is 10.4. The molecular weight excluding hydrogens is 419 g/mol. The van der Waals surface area contributed by atoms with E-state index in [2.05, 4.69) is 10.2 Å². The number of carbonyl (C=O) groups is 1. The Bertz CT molecular complexity index is 914. The molecule has 30 heavy (non-hydrogen) atoms. The van der Waals surface area contributed by atoms with Crippen LogP contribution in [0.15, 0.2) is 53.4 Å². The molecule has 2 N–H and O–H groups in total. The van der Waals surface area contributed by atoms with Gasteiger partial charge in [0.05, 0.1) is 10.5 Å². The molecule has 0 saturated carbocycles. The summed E-state index contributed by atoms with van der Waals surface area (Å²) in [5, 5.41) is 2.85. The van der Waals surface area contributed by atoms with Gasteiger partial charge in [-0.05, 0) is 49.4 Å². The van der Waals surface area contributed by atoms with Crippen molar-refractivity contribution < 1.29 is 26.7 Å². The van der Waals surface area contributed by atoms with Crippen LogP contribution in [0.1, 0.15) is 12.5 Å². The van der Waals surface area contributed by atoms with E-state index >= 15 is 0 Å². The molecule has 0 aromatic heterocycles. The second-order valence-electron chi connectivity index (χ2n) is 7.00. The number of carbonyl (C=O) groups excluding carboxylic acids is 1. The van der Waals surface area contributed by atoms with Gasteiger partial charge < -0.3 is 19.7 Å². The first-order valence-electron chi connectivity index (χ1n) is 9.33. The summed E-state index contributed by atoms with van der Waals surface area (Å²) in [6.45, 7) is 3.75. The first kappa shape index (κ1) is 22.1. The lowest BCUT2D eigenvalue weighted by molar-refractivity contribution is -0.137. The highest BCUT2D eigenvalue weighted by molar-refractivity contribution is 7.79. The minimum atomic E-state index is -4.44. The summed E-state index contributed by atoms with van der Waals surface area (Å²) >= 11 is -2.02. The lowest BCUT2D eigenvalue weighted by atomic mass is 10.1. The predicted octanol–water partition coefficient (Wildman–Crippen LogP) is 3.44. The number of hydrogen-bond donors (Lipinski definition) is 2. The van der Waals surface area contributed by atoms with Gasteiger partial charge in [-0.15, -0.1) is 0 Å². The average molecular weight is 441 g/mol. The molecule has 0 radical (unpaired) electrons. The van der Waals surface area contributed by atoms with Crippen molar-refractivity contribution in [2.24, 2.45) is 0 Å². The Balaban J connectivity index is 1.56. The van der Waals surface area contributed by atoms with Gasteiger partial charge in [0.25, 0.3) is 0 Å². The monoisotopic (exact) mass is 441 g/mol. The standard InChI is InChI=1S/C20H22F3N3O3S/c1-14(24-16-4-2-3-15(13-16)20(21,22)23)19(27)26-11-9-25(10-12-26)17-5-7-18(8-6-17)30(28)29/h2-8,13-14,24H,9-12H2,1H3,(H,28,29). The molecule has 1 fully saturated rings. The summed E-state index contributed by atoms with van der Waals surface area (Å²) in [6, 6.07) is 10.8. The van der Waals surface area contributed by atoms with Crippen LogP contribution in [0, 0.1) is 0 Å². The summed E-state index contributed by atoms with van der Waals surface area (Å²) in [7, 11) is 0. The van der Waals surface area contributed by atoms with Crippen LogP contribution in [0.25, 0.3) is 0 Å². The lowest BCUT2D eigenvalue weighted by Gasteiger charge is -2.37. The SMILES string of the molecule is CC(Nc1cccc(C(F)(F)F)c1)C(=O)N1CCN(c2ccc(S(=O)O)cc2)CC1. The molecule has 10 heteroatoms. The van der Waals surface area contributed by atoms with Crippen LogP contribution < -0.4 is 10.2 Å². The number of alkyl halides is 3. The molecule has 2 unspecified atom stereocenters. The van der Waals surface area contributed by atoms with Gasteiger partial charge in [-0.3, -0.25) is 4.79 Å². The van der Waals surface area contributed by atoms with Gasteiger partial charge in [0.2, 0.25) is 5.91 Å². The fraction of sp³-hybridized carbons (Fsp3) is 0.350. The van der Waals surface area contributed by atoms with Crippen molar-refractivity contribution >= 4 is 28.4 Å². The van der Waals surface area contributed by atoms with Gasteiger partial charge in [0, 0.05) is 37.6 Å². The zero-order chi connectivity index (χ0) is 21.9. The number of nitrogens with zero attached hydrogens (tertiary/aromatic N) is 2. The van der Waals surface area contributed by atoms with Crippen molar-refractivity contribution in [2.75, 3.05) is 36.4 Å². The van der Waals surface area contributed by atoms with E-state index in [4.69, 9.17) is 4.55 Å². The molecule has 162 valence electrons. The van der Waals surface area contributed by atoms with Crippen molar-refractivity contribution in [1.82, 2.24) is 4.90 Å². The van der Waals surface area contributed by atoms with E-state index in [1.54, 1.807) is 36.1 Å². The number of amides is 1. The van der Waals surface area contributed by atoms with Crippen LogP contribution in [0.3, 0.4) is 0 Å². The summed E-state index contributed by atoms with van der Waals surface area (Å²) in [6.07, 6.45) is -4.44. The normalized spacial score (nSPS) is 16.8. The van der Waals surface area contributed by atoms with Crippen LogP contribution in [0.2, 0.25) is 0 Å². The van der Waals surface area contributed by atoms with E-state index in [9.17, 15) is 22.2 Å². The summed E-state index contributed by atoms with van der Waals surface area (Å²) in [4.78, 5) is 16.8. The molecule has 1 aliphatic rings. The zero-order valence-corrected chi connectivity index (χ0v) is 17.0. The van der Waals surface area contributed by atoms with E-state index in [1.165, 1.54) is 12.1 Å². The Morgan fingerprint density at radius 1 is 1.10 bits per heavy atom. The molecule has 0 aliphatic carbocycles. The van der Waals surface area contributed by atoms with E-state index in [0.29, 0.717) is 31.1 Å². The zero-order valence-electron chi connectivity index (χ0n) is 16.2. The Hall–Kier alpha value is -2.59. The number of anilines is 2. The van der Waals surface area contributed by atoms with Gasteiger partial charge in [-0.1, -0.05) is 6.07 Å². The molecule has 2 aromatic rings. The largest absolute Gasteiger partial charge is 0.416 e. The number of halogens is 3. The van der Waals surface area contributed by atoms with Crippen molar-refractivity contribution in [3.63, 3.8) is 0 Å². The average Bonchev–Trinajstić information content (AvgIpc) is 2.73. The molecule has 1 heterocycles. The van der Waals surface area contributed by atoms with Crippen molar-refractivity contribution in [3.8, 4) is 0 Å². The van der Waals surface area contributed by atoms with Crippen LogP contribution in [0.5, 0.6) is 0 Å². The fourth-order valence-corrected chi connectivity index (χ4v) is 3.70. The van der Waals surface area contributed by atoms with Gasteiger partial charge >= 0.3 is 6.18 Å². The molecule has 1 saturated heterocycles. The number of rotatable bonds is 5. The van der Waals surface area contributed by atoms with E-state index in [0.717, 1.165) is 17.8 Å². The van der Waals surface area contributed by atoms with Crippen LogP contribution in [-0.4, -0.2) is 51.8 Å². The molecule has 1 amide bonds. The van der Waals surface area contributed by atoms with Crippen LogP contribution in [0.4, 0.5) is 24.5 Å². The second-order valence-corrected chi connectivity index (χ2v) is 7.97. The van der Waals surface area contributed by atoms with Crippen molar-refractivity contribution in [3.05, 3.63) is 54.1 Å². The summed E-state index contributed by atoms with van der Waals surface area (Å²) in [5.74, 6) is -0.182. The minimum absolute atomic E-state index is 0.182. The topological polar surface area (TPSA) is 72.9 Å². The van der Waals surface area contributed by atoms with Gasteiger partial charge in [0.1, 0.15) is 6.04 Å². The van der Waals surface area contributed by atoms with Crippen LogP contribution in [-0.2, 0) is 22.1 Å². The summed E-state index contributed by atoms with van der Waals surface area (Å²) in [5.41, 5.74) is 0.369. The third-order valence-corrected chi connectivity index (χ3v) is 5.61. The molecule has 2 aromatic carbocycles. The maximum Gasteiger partial charge on any atom is 0.416 e. The third-order valence-electron chi connectivity index (χ3n) is 4.94. The minimum Gasteiger partial charge on any atom is -0.374 e. The highest BCUT2D eigenvalue weighted by Crippen LogP contribution is 2.30. The summed E-state index contributed by atoms with van der Waals surface area (Å²) < 4.78 is 58.7. The Morgan fingerprint density at radius 3 is 2.30 bits per heavy atom. The Labute approximate surface area is 175 Å². The molecule has 2 atom stereocenters. The molecule has 1 aliphatic heterocycles. The lowest BCUT2D eigenvalue weighted by Crippen LogP contribution is -2.52. The number of piperazine rings is 1. The highest BCUT2D eigenvalue weighted by Gasteiger charge is 2.31. The van der Waals surface area contributed by atoms with Gasteiger partial charge in [0.15, 0.2) is 11.1 Å². The molecule has 3 rings (SSSR count). The smallest absolute Gasteiger partial charge is 0.374 e. The van der Waals surface area contributed by atoms with E-state index in [-0.39, 0.29) is 11.6 Å². The van der Waals surface area contributed by atoms with E-state index in [1.807, 2.05) is 0 Å². The molecule has 0 bridgehead atoms. The van der Waals surface area contributed by atoms with Gasteiger partial charge in [-0.25, -0.2) is 4.21 Å². The molecule has 0 spiro atoms. The van der Waals surface area contributed by atoms with Crippen molar-refractivity contribution in [1.29, 1.82) is 0 Å². The molecule has 6 nitrogen and oxygen atoms in total. The van der Waals surface area contributed by atoms with E-state index < -0.39 is 28.9 Å². The predicted molar refractivity (Wildman–Crippen MR) is 109 cm³/mol. The molecular formula is C20H22F3N3O3S. The maximum atomic E-state index is 12.9. The third kappa shape index (κ3) is 5.31. The maximum absolute atomic E-state index is 12.9. The first-order chi connectivity index (χ1) is 14.1. The van der Waals surface area contributed by atoms with Crippen LogP contribution >= 0.6 is 0 Å². The second kappa shape index (κ2) is 9.05. The fourth-order valence-electron chi connectivity index (χ4n) is 3.33. The van der Waals surface area contributed by atoms with Crippen molar-refractivity contribution in [2.45, 2.75) is 24.0 Å². The quantitative estimate of drug-likeness (QED) is 0.696. The number of nitrogens with one attached hydrogen (secondary N) is 1.